The van der Waals surface area contributed by atoms with E-state index in [0.29, 0.717) is 23.9 Å². The first-order valence-electron chi connectivity index (χ1n) is 15.6. The number of ether oxygens (including phenoxy) is 2. The van der Waals surface area contributed by atoms with Gasteiger partial charge in [-0.05, 0) is 112 Å². The average Bonchev–Trinajstić information content (AvgIpc) is 3.62. The number of likely N-dealkylation sites (N-methyl/N-ethyl adjacent to an activating group) is 2. The number of aromatic nitrogens is 1. The summed E-state index contributed by atoms with van der Waals surface area (Å²) in [6.45, 7) is 2.10. The van der Waals surface area contributed by atoms with Gasteiger partial charge in [0.2, 0.25) is 0 Å². The topological polar surface area (TPSA) is 81.2 Å². The lowest BCUT2D eigenvalue weighted by Crippen LogP contribution is -2.62. The Morgan fingerprint density at radius 2 is 1.17 bits per heavy atom. The van der Waals surface area contributed by atoms with E-state index in [9.17, 15) is 10.2 Å². The number of likely N-dealkylation sites (tertiary alicyclic amines) is 2. The minimum atomic E-state index is -0.116. The van der Waals surface area contributed by atoms with Gasteiger partial charge in [-0.3, -0.25) is 0 Å². The number of aromatic amines is 1. The minimum absolute atomic E-state index is 0.106. The van der Waals surface area contributed by atoms with Crippen molar-refractivity contribution in [3.8, 4) is 23.0 Å². The van der Waals surface area contributed by atoms with Crippen molar-refractivity contribution in [2.75, 3.05) is 27.2 Å². The van der Waals surface area contributed by atoms with Gasteiger partial charge in [-0.1, -0.05) is 12.1 Å². The average molecular weight is 550 g/mol. The fourth-order valence-corrected chi connectivity index (χ4v) is 11.8. The maximum atomic E-state index is 11.0. The van der Waals surface area contributed by atoms with Crippen LogP contribution >= 0.6 is 0 Å². The second kappa shape index (κ2) is 6.73. The van der Waals surface area contributed by atoms with Crippen molar-refractivity contribution in [1.82, 2.24) is 14.8 Å². The molecular formula is C34H35N3O4. The highest BCUT2D eigenvalue weighted by molar-refractivity contribution is 5.66. The van der Waals surface area contributed by atoms with E-state index >= 15 is 0 Å². The van der Waals surface area contributed by atoms with Crippen molar-refractivity contribution in [2.24, 2.45) is 11.8 Å². The number of hydrogen-bond donors (Lipinski definition) is 3. The normalized spacial score (nSPS) is 39.8. The number of nitrogens with one attached hydrogen (secondary N) is 1. The highest BCUT2D eigenvalue weighted by Crippen LogP contribution is 2.71. The van der Waals surface area contributed by atoms with Crippen molar-refractivity contribution in [3.05, 3.63) is 69.0 Å². The van der Waals surface area contributed by atoms with Crippen molar-refractivity contribution in [3.63, 3.8) is 0 Å². The van der Waals surface area contributed by atoms with Gasteiger partial charge in [-0.2, -0.15) is 0 Å². The lowest BCUT2D eigenvalue weighted by Gasteiger charge is -2.58. The fourth-order valence-electron chi connectivity index (χ4n) is 11.8. The van der Waals surface area contributed by atoms with Crippen LogP contribution in [0.15, 0.2) is 24.3 Å². The van der Waals surface area contributed by atoms with E-state index in [1.165, 1.54) is 44.8 Å². The van der Waals surface area contributed by atoms with Gasteiger partial charge in [0.15, 0.2) is 23.0 Å². The van der Waals surface area contributed by atoms with E-state index in [1.807, 2.05) is 12.1 Å². The number of H-pyrrole nitrogens is 1. The van der Waals surface area contributed by atoms with Gasteiger partial charge >= 0.3 is 0 Å². The molecule has 2 fully saturated rings. The Bertz CT molecular complexity index is 1620. The molecule has 2 saturated heterocycles. The number of benzene rings is 2. The molecule has 2 aromatic carbocycles. The van der Waals surface area contributed by atoms with E-state index in [-0.39, 0.29) is 34.5 Å². The summed E-state index contributed by atoms with van der Waals surface area (Å²) in [5.41, 5.74) is 10.4. The zero-order chi connectivity index (χ0) is 27.2. The molecule has 41 heavy (non-hydrogen) atoms. The quantitative estimate of drug-likeness (QED) is 0.393. The Morgan fingerprint density at radius 1 is 0.707 bits per heavy atom. The van der Waals surface area contributed by atoms with Gasteiger partial charge in [-0.15, -0.1) is 0 Å². The number of piperidine rings is 2. The van der Waals surface area contributed by atoms with Crippen molar-refractivity contribution in [2.45, 2.75) is 73.6 Å². The first-order valence-corrected chi connectivity index (χ1v) is 15.6. The van der Waals surface area contributed by atoms with Crippen LogP contribution in [0.2, 0.25) is 0 Å². The molecule has 2 spiro atoms. The monoisotopic (exact) mass is 549 g/mol. The molecule has 0 amide bonds. The number of nitrogens with zero attached hydrogens (tertiary/aromatic N) is 2. The zero-order valence-corrected chi connectivity index (χ0v) is 23.5. The van der Waals surface area contributed by atoms with Gasteiger partial charge in [0.05, 0.1) is 11.4 Å². The van der Waals surface area contributed by atoms with E-state index in [0.717, 1.165) is 63.1 Å². The van der Waals surface area contributed by atoms with Crippen molar-refractivity contribution >= 4 is 0 Å². The maximum absolute atomic E-state index is 11.0. The number of fused-ring (bicyclic) bond motifs is 5. The number of phenols is 2. The molecular weight excluding hydrogens is 514 g/mol. The Kier molecular flexibility index (Phi) is 3.68. The Labute approximate surface area is 239 Å². The smallest absolute Gasteiger partial charge is 0.166 e. The predicted molar refractivity (Wildman–Crippen MR) is 151 cm³/mol. The summed E-state index contributed by atoms with van der Waals surface area (Å²) < 4.78 is 13.8. The van der Waals surface area contributed by atoms with Gasteiger partial charge < -0.3 is 34.5 Å². The van der Waals surface area contributed by atoms with Gasteiger partial charge in [-0.25, -0.2) is 0 Å². The summed E-state index contributed by atoms with van der Waals surface area (Å²) in [6, 6.07) is 8.91. The minimum Gasteiger partial charge on any atom is -0.504 e. The fraction of sp³-hybridized carbons (Fsp3) is 0.529. The summed E-state index contributed by atoms with van der Waals surface area (Å²) in [5, 5.41) is 22.0. The summed E-state index contributed by atoms with van der Waals surface area (Å²) >= 11 is 0. The molecule has 3 N–H and O–H groups in total. The van der Waals surface area contributed by atoms with Crippen LogP contribution < -0.4 is 9.47 Å². The number of aromatic hydroxyl groups is 2. The van der Waals surface area contributed by atoms with Gasteiger partial charge in [0, 0.05) is 34.0 Å². The predicted octanol–water partition coefficient (Wildman–Crippen LogP) is 4.03. The molecule has 8 aliphatic rings. The van der Waals surface area contributed by atoms with Crippen LogP contribution in [0.4, 0.5) is 0 Å². The van der Waals surface area contributed by atoms with Crippen molar-refractivity contribution < 1.29 is 19.7 Å². The highest BCUT2D eigenvalue weighted by atomic mass is 16.5. The molecule has 7 heteroatoms. The third-order valence-corrected chi connectivity index (χ3v) is 13.4. The molecule has 0 radical (unpaired) electrons. The Morgan fingerprint density at radius 3 is 1.63 bits per heavy atom. The second-order valence-corrected chi connectivity index (χ2v) is 14.5. The standard InChI is InChI=1S/C34H35N3O4/c1-36-9-7-33-19-13-17-18-14-20-22-12-16-4-6-24(39)30-26(16)34(20,8-10-37(22)2)32(41-30)28(18)35-27(17)31(33)40-29-23(38)5-3-15(25(29)33)11-21(19)36/h3-6,19-22,31-32,35,38-39H,7-14H2,1-2H3/t19?,20?,21-,22-,31+,32+,33+,34+/m1/s1. The summed E-state index contributed by atoms with van der Waals surface area (Å²) in [5.74, 6) is 2.92. The van der Waals surface area contributed by atoms with Crippen LogP contribution in [0.5, 0.6) is 23.0 Å². The Balaban J connectivity index is 1.15. The molecule has 2 unspecified atom stereocenters. The number of rotatable bonds is 0. The molecule has 5 heterocycles. The first kappa shape index (κ1) is 22.4. The van der Waals surface area contributed by atoms with E-state index in [2.05, 4.69) is 41.0 Å². The largest absolute Gasteiger partial charge is 0.504 e. The molecule has 1 aromatic heterocycles. The van der Waals surface area contributed by atoms with E-state index < -0.39 is 0 Å². The summed E-state index contributed by atoms with van der Waals surface area (Å²) in [6.07, 6.45) is 5.98. The van der Waals surface area contributed by atoms with Gasteiger partial charge in [0.1, 0.15) is 12.2 Å². The van der Waals surface area contributed by atoms with Crippen LogP contribution in [-0.2, 0) is 36.5 Å². The number of phenolic OH excluding ortho intramolecular Hbond substituents is 2. The molecule has 4 aliphatic heterocycles. The van der Waals surface area contributed by atoms with Crippen LogP contribution in [0.3, 0.4) is 0 Å². The lowest BCUT2D eigenvalue weighted by atomic mass is 9.50. The second-order valence-electron chi connectivity index (χ2n) is 14.5. The van der Waals surface area contributed by atoms with Crippen molar-refractivity contribution in [1.29, 1.82) is 0 Å². The third-order valence-electron chi connectivity index (χ3n) is 13.4. The highest BCUT2D eigenvalue weighted by Gasteiger charge is 2.68. The maximum Gasteiger partial charge on any atom is 0.166 e. The van der Waals surface area contributed by atoms with Crippen LogP contribution in [0.1, 0.15) is 69.8 Å². The molecule has 4 bridgehead atoms. The molecule has 11 rings (SSSR count). The van der Waals surface area contributed by atoms with Crippen LogP contribution in [0, 0.1) is 11.8 Å². The number of hydrogen-bond acceptors (Lipinski definition) is 6. The molecule has 210 valence electrons. The van der Waals surface area contributed by atoms with Crippen LogP contribution in [-0.4, -0.2) is 64.3 Å². The molecule has 0 saturated carbocycles. The van der Waals surface area contributed by atoms with Crippen LogP contribution in [0.25, 0.3) is 0 Å². The Hall–Kier alpha value is -3.16. The van der Waals surface area contributed by atoms with E-state index in [4.69, 9.17) is 9.47 Å². The SMILES string of the molecule is CN1CC[C@]23c4c5ccc(O)c4O[C@H]2c2[nH]c4c(c2CC3[C@H]1C5)CC1[C@H]2Cc3ccc(O)c5c3[C@@]1(CCN2C)[C@H]4O5. The third kappa shape index (κ3) is 2.19. The molecule has 8 atom stereocenters. The molecule has 7 nitrogen and oxygen atoms in total. The first-order chi connectivity index (χ1) is 19.9. The molecule has 4 aliphatic carbocycles. The summed E-state index contributed by atoms with van der Waals surface area (Å²) in [4.78, 5) is 9.18. The van der Waals surface area contributed by atoms with E-state index in [1.54, 1.807) is 0 Å². The van der Waals surface area contributed by atoms with Gasteiger partial charge in [0.25, 0.3) is 0 Å². The summed E-state index contributed by atoms with van der Waals surface area (Å²) in [7, 11) is 4.60. The lowest BCUT2D eigenvalue weighted by molar-refractivity contribution is -0.0266. The zero-order valence-electron chi connectivity index (χ0n) is 23.5. The molecule has 3 aromatic rings.